The fourth-order valence-corrected chi connectivity index (χ4v) is 4.37. The van der Waals surface area contributed by atoms with Crippen molar-refractivity contribution in [3.63, 3.8) is 0 Å². The van der Waals surface area contributed by atoms with E-state index < -0.39 is 6.10 Å². The molecule has 0 unspecified atom stereocenters. The molecule has 3 aromatic heterocycles. The number of amides is 1. The third-order valence-corrected chi connectivity index (χ3v) is 5.97. The number of aromatic nitrogens is 3. The van der Waals surface area contributed by atoms with Gasteiger partial charge in [0.25, 0.3) is 5.91 Å². The van der Waals surface area contributed by atoms with E-state index in [1.54, 1.807) is 11.3 Å². The van der Waals surface area contributed by atoms with Crippen molar-refractivity contribution in [3.05, 3.63) is 52.6 Å². The first-order chi connectivity index (χ1) is 13.1. The summed E-state index contributed by atoms with van der Waals surface area (Å²) in [6, 6.07) is 3.59. The normalized spacial score (nSPS) is 19.9. The predicted molar refractivity (Wildman–Crippen MR) is 105 cm³/mol. The van der Waals surface area contributed by atoms with Crippen molar-refractivity contribution in [2.24, 2.45) is 0 Å². The fraction of sp³-hybridized carbons (Fsp3) is 0.400. The van der Waals surface area contributed by atoms with Gasteiger partial charge in [0.15, 0.2) is 0 Å². The average Bonchev–Trinajstić information content (AvgIpc) is 3.14. The monoisotopic (exact) mass is 382 g/mol. The van der Waals surface area contributed by atoms with Gasteiger partial charge in [-0.3, -0.25) is 4.79 Å². The first-order valence-corrected chi connectivity index (χ1v) is 10.1. The lowest BCUT2D eigenvalue weighted by molar-refractivity contribution is 0.0714. The van der Waals surface area contributed by atoms with E-state index in [9.17, 15) is 9.90 Å². The van der Waals surface area contributed by atoms with Crippen LogP contribution in [0.15, 0.2) is 29.9 Å². The van der Waals surface area contributed by atoms with Crippen LogP contribution in [-0.4, -0.2) is 38.1 Å². The molecule has 0 saturated heterocycles. The van der Waals surface area contributed by atoms with Crippen molar-refractivity contribution >= 4 is 27.5 Å². The molecule has 1 aliphatic carbocycles. The second-order valence-corrected chi connectivity index (χ2v) is 7.96. The molecular formula is C20H22N4O2S. The zero-order valence-electron chi connectivity index (χ0n) is 15.2. The number of hydrogen-bond donors (Lipinski definition) is 2. The van der Waals surface area contributed by atoms with Gasteiger partial charge in [-0.15, -0.1) is 11.3 Å². The Morgan fingerprint density at radius 2 is 2.07 bits per heavy atom. The molecular weight excluding hydrogens is 360 g/mol. The first-order valence-electron chi connectivity index (χ1n) is 9.24. The number of hydrogen-bond acceptors (Lipinski definition) is 6. The van der Waals surface area contributed by atoms with Gasteiger partial charge in [-0.05, 0) is 48.4 Å². The Kier molecular flexibility index (Phi) is 5.13. The molecule has 1 aliphatic rings. The van der Waals surface area contributed by atoms with Crippen molar-refractivity contribution in [3.8, 4) is 0 Å². The van der Waals surface area contributed by atoms with E-state index in [1.807, 2.05) is 36.8 Å². The lowest BCUT2D eigenvalue weighted by Gasteiger charge is -2.28. The number of carbonyl (C=O) groups is 1. The van der Waals surface area contributed by atoms with Gasteiger partial charge in [0.1, 0.15) is 11.5 Å². The maximum atomic E-state index is 12.8. The summed E-state index contributed by atoms with van der Waals surface area (Å²) in [6.45, 7) is 1.86. The number of fused-ring (bicyclic) bond motifs is 1. The quantitative estimate of drug-likeness (QED) is 0.724. The number of rotatable bonds is 4. The lowest BCUT2D eigenvalue weighted by Crippen LogP contribution is -2.45. The van der Waals surface area contributed by atoms with Gasteiger partial charge in [0, 0.05) is 18.8 Å². The van der Waals surface area contributed by atoms with Crippen LogP contribution in [0.3, 0.4) is 0 Å². The van der Waals surface area contributed by atoms with Crippen molar-refractivity contribution in [1.82, 2.24) is 20.3 Å². The minimum Gasteiger partial charge on any atom is -0.391 e. The third-order valence-electron chi connectivity index (χ3n) is 5.00. The number of nitrogens with one attached hydrogen (secondary N) is 1. The number of aryl methyl sites for hydroxylation is 1. The molecule has 2 atom stereocenters. The molecule has 0 aliphatic heterocycles. The molecule has 4 rings (SSSR count). The van der Waals surface area contributed by atoms with Gasteiger partial charge in [0.05, 0.1) is 22.4 Å². The summed E-state index contributed by atoms with van der Waals surface area (Å²) in [4.78, 5) is 25.8. The Hall–Kier alpha value is -2.38. The lowest BCUT2D eigenvalue weighted by atomic mass is 9.92. The van der Waals surface area contributed by atoms with Crippen LogP contribution in [0.25, 0.3) is 10.2 Å². The molecule has 6 nitrogen and oxygen atoms in total. The second kappa shape index (κ2) is 7.70. The van der Waals surface area contributed by atoms with Crippen molar-refractivity contribution < 1.29 is 9.90 Å². The highest BCUT2D eigenvalue weighted by Crippen LogP contribution is 2.26. The highest BCUT2D eigenvalue weighted by Gasteiger charge is 2.25. The van der Waals surface area contributed by atoms with Crippen LogP contribution in [0.1, 0.15) is 53.1 Å². The van der Waals surface area contributed by atoms with Crippen LogP contribution in [0, 0.1) is 6.92 Å². The van der Waals surface area contributed by atoms with E-state index in [1.165, 1.54) is 0 Å². The summed E-state index contributed by atoms with van der Waals surface area (Å²) in [5.41, 5.74) is 3.24. The highest BCUT2D eigenvalue weighted by molar-refractivity contribution is 7.17. The Morgan fingerprint density at radius 3 is 2.85 bits per heavy atom. The van der Waals surface area contributed by atoms with Crippen LogP contribution < -0.4 is 5.32 Å². The number of nitrogens with zero attached hydrogens (tertiary/aromatic N) is 3. The highest BCUT2D eigenvalue weighted by atomic mass is 32.1. The van der Waals surface area contributed by atoms with E-state index in [0.717, 1.165) is 52.9 Å². The Labute approximate surface area is 161 Å². The Morgan fingerprint density at radius 1 is 1.30 bits per heavy atom. The van der Waals surface area contributed by atoms with Crippen molar-refractivity contribution in [2.45, 2.75) is 51.2 Å². The molecule has 1 saturated carbocycles. The second-order valence-electron chi connectivity index (χ2n) is 7.05. The predicted octanol–water partition coefficient (Wildman–Crippen LogP) is 3.02. The largest absolute Gasteiger partial charge is 0.391 e. The average molecular weight is 382 g/mol. The topological polar surface area (TPSA) is 88.0 Å². The molecule has 1 fully saturated rings. The number of aliphatic hydroxyl groups is 1. The maximum Gasteiger partial charge on any atom is 0.270 e. The third kappa shape index (κ3) is 3.99. The molecule has 0 aromatic carbocycles. The maximum absolute atomic E-state index is 12.8. The SMILES string of the molecule is Cc1ncc(Cc2cc(C(=O)N[C@@H]3CCCC[C@H]3O)nc3ccsc23)cn1. The summed E-state index contributed by atoms with van der Waals surface area (Å²) in [7, 11) is 0. The molecule has 2 N–H and O–H groups in total. The number of carbonyl (C=O) groups excluding carboxylic acids is 1. The molecule has 0 bridgehead atoms. The zero-order valence-corrected chi connectivity index (χ0v) is 16.0. The molecule has 7 heteroatoms. The van der Waals surface area contributed by atoms with Gasteiger partial charge < -0.3 is 10.4 Å². The van der Waals surface area contributed by atoms with E-state index in [4.69, 9.17) is 0 Å². The zero-order chi connectivity index (χ0) is 18.8. The van der Waals surface area contributed by atoms with Gasteiger partial charge in [0.2, 0.25) is 0 Å². The van der Waals surface area contributed by atoms with Gasteiger partial charge >= 0.3 is 0 Å². The van der Waals surface area contributed by atoms with Crippen molar-refractivity contribution in [2.75, 3.05) is 0 Å². The minimum absolute atomic E-state index is 0.194. The smallest absolute Gasteiger partial charge is 0.270 e. The van der Waals surface area contributed by atoms with Crippen LogP contribution in [-0.2, 0) is 6.42 Å². The molecule has 0 radical (unpaired) electrons. The fourth-order valence-electron chi connectivity index (χ4n) is 3.52. The molecule has 1 amide bonds. The number of thiophene rings is 1. The Bertz CT molecular complexity index is 954. The van der Waals surface area contributed by atoms with Crippen LogP contribution in [0.2, 0.25) is 0 Å². The standard InChI is InChI=1S/C20H22N4O2S/c1-12-21-10-13(11-22-12)8-14-9-17(23-16-6-7-27-19(14)16)20(26)24-15-4-2-3-5-18(15)25/h6-7,9-11,15,18,25H,2-5,8H2,1H3,(H,24,26)/t15-,18-/m1/s1. The van der Waals surface area contributed by atoms with Crippen molar-refractivity contribution in [1.29, 1.82) is 0 Å². The molecule has 3 heterocycles. The van der Waals surface area contributed by atoms with E-state index in [0.29, 0.717) is 12.1 Å². The summed E-state index contributed by atoms with van der Waals surface area (Å²) in [5, 5.41) is 15.1. The van der Waals surface area contributed by atoms with Crippen LogP contribution in [0.5, 0.6) is 0 Å². The van der Waals surface area contributed by atoms with Crippen LogP contribution >= 0.6 is 11.3 Å². The summed E-state index contributed by atoms with van der Waals surface area (Å²) < 4.78 is 1.07. The van der Waals surface area contributed by atoms with E-state index >= 15 is 0 Å². The molecule has 27 heavy (non-hydrogen) atoms. The Balaban J connectivity index is 1.61. The number of aliphatic hydroxyl groups excluding tert-OH is 1. The number of pyridine rings is 1. The summed E-state index contributed by atoms with van der Waals surface area (Å²) in [6.07, 6.45) is 7.39. The van der Waals surface area contributed by atoms with Gasteiger partial charge in [-0.1, -0.05) is 12.8 Å². The van der Waals surface area contributed by atoms with E-state index in [2.05, 4.69) is 20.3 Å². The van der Waals surface area contributed by atoms with Gasteiger partial charge in [-0.25, -0.2) is 15.0 Å². The van der Waals surface area contributed by atoms with Crippen LogP contribution in [0.4, 0.5) is 0 Å². The molecule has 3 aromatic rings. The van der Waals surface area contributed by atoms with E-state index in [-0.39, 0.29) is 11.9 Å². The minimum atomic E-state index is -0.475. The molecule has 140 valence electrons. The van der Waals surface area contributed by atoms with Gasteiger partial charge in [-0.2, -0.15) is 0 Å². The molecule has 0 spiro atoms. The first kappa shape index (κ1) is 18.0. The summed E-state index contributed by atoms with van der Waals surface area (Å²) >= 11 is 1.62. The summed E-state index contributed by atoms with van der Waals surface area (Å²) in [5.74, 6) is 0.510.